The normalized spacial score (nSPS) is 12.4. The largest absolute Gasteiger partial charge is 0.478 e. The number of nitrogens with one attached hydrogen (secondary N) is 1. The van der Waals surface area contributed by atoms with Crippen LogP contribution in [0.4, 0.5) is 0 Å². The van der Waals surface area contributed by atoms with E-state index < -0.39 is 5.97 Å². The second-order valence-corrected chi connectivity index (χ2v) is 5.82. The van der Waals surface area contributed by atoms with Crippen molar-refractivity contribution in [1.82, 2.24) is 5.32 Å². The van der Waals surface area contributed by atoms with Gasteiger partial charge in [0, 0.05) is 22.8 Å². The van der Waals surface area contributed by atoms with Gasteiger partial charge in [-0.15, -0.1) is 0 Å². The van der Waals surface area contributed by atoms with Gasteiger partial charge in [-0.3, -0.25) is 0 Å². The van der Waals surface area contributed by atoms with Crippen molar-refractivity contribution in [2.75, 3.05) is 12.0 Å². The molecular formula is C13H18BrNO2S. The Balaban J connectivity index is 2.65. The number of carboxylic acid groups (broad SMARTS) is 1. The van der Waals surface area contributed by atoms with Gasteiger partial charge in [0.2, 0.25) is 0 Å². The highest BCUT2D eigenvalue weighted by molar-refractivity contribution is 9.10. The minimum atomic E-state index is -0.899. The Morgan fingerprint density at radius 2 is 2.28 bits per heavy atom. The molecule has 0 amide bonds. The smallest absolute Gasteiger partial charge is 0.335 e. The van der Waals surface area contributed by atoms with Crippen molar-refractivity contribution in [2.45, 2.75) is 25.9 Å². The molecule has 1 aromatic carbocycles. The van der Waals surface area contributed by atoms with E-state index in [0.29, 0.717) is 11.6 Å². The van der Waals surface area contributed by atoms with Crippen LogP contribution in [-0.2, 0) is 6.54 Å². The second kappa shape index (κ2) is 7.81. The zero-order valence-corrected chi connectivity index (χ0v) is 13.0. The Morgan fingerprint density at radius 1 is 1.56 bits per heavy atom. The van der Waals surface area contributed by atoms with Gasteiger partial charge in [0.1, 0.15) is 0 Å². The van der Waals surface area contributed by atoms with Crippen LogP contribution in [0.25, 0.3) is 0 Å². The highest BCUT2D eigenvalue weighted by Crippen LogP contribution is 2.19. The van der Waals surface area contributed by atoms with E-state index in [4.69, 9.17) is 5.11 Å². The van der Waals surface area contributed by atoms with E-state index in [1.54, 1.807) is 12.1 Å². The molecule has 18 heavy (non-hydrogen) atoms. The van der Waals surface area contributed by atoms with Crippen LogP contribution < -0.4 is 5.32 Å². The highest BCUT2D eigenvalue weighted by Gasteiger charge is 2.09. The van der Waals surface area contributed by atoms with Crippen LogP contribution in [0, 0.1) is 0 Å². The van der Waals surface area contributed by atoms with E-state index in [1.165, 1.54) is 0 Å². The fourth-order valence-electron chi connectivity index (χ4n) is 1.60. The molecule has 0 aliphatic rings. The summed E-state index contributed by atoms with van der Waals surface area (Å²) in [7, 11) is 0. The summed E-state index contributed by atoms with van der Waals surface area (Å²) in [6.07, 6.45) is 3.19. The van der Waals surface area contributed by atoms with E-state index >= 15 is 0 Å². The van der Waals surface area contributed by atoms with Crippen LogP contribution in [0.1, 0.15) is 29.3 Å². The van der Waals surface area contributed by atoms with Gasteiger partial charge in [-0.2, -0.15) is 11.8 Å². The molecular weight excluding hydrogens is 314 g/mol. The summed E-state index contributed by atoms with van der Waals surface area (Å²) in [6, 6.07) is 5.63. The first-order chi connectivity index (χ1) is 8.58. The van der Waals surface area contributed by atoms with Crippen LogP contribution in [0.3, 0.4) is 0 Å². The van der Waals surface area contributed by atoms with Crippen LogP contribution in [0.15, 0.2) is 22.7 Å². The first-order valence-corrected chi connectivity index (χ1v) is 8.01. The van der Waals surface area contributed by atoms with Crippen LogP contribution >= 0.6 is 27.7 Å². The Hall–Kier alpha value is -0.520. The van der Waals surface area contributed by atoms with Gasteiger partial charge in [0.25, 0.3) is 0 Å². The molecule has 0 aromatic heterocycles. The minimum Gasteiger partial charge on any atom is -0.478 e. The molecule has 2 N–H and O–H groups in total. The van der Waals surface area contributed by atoms with E-state index in [9.17, 15) is 4.79 Å². The average Bonchev–Trinajstić information content (AvgIpc) is 2.35. The van der Waals surface area contributed by atoms with Crippen LogP contribution in [-0.4, -0.2) is 29.1 Å². The predicted octanol–water partition coefficient (Wildman–Crippen LogP) is 3.38. The molecule has 1 atom stereocenters. The first-order valence-electron chi connectivity index (χ1n) is 5.82. The van der Waals surface area contributed by atoms with Gasteiger partial charge >= 0.3 is 5.97 Å². The number of carboxylic acids is 1. The molecule has 1 rings (SSSR count). The standard InChI is InChI=1S/C13H18BrNO2S/c1-3-11(8-18-2)15-7-10-5-4-9(13(16)17)6-12(10)14/h4-6,11,15H,3,7-8H2,1-2H3,(H,16,17). The van der Waals surface area contributed by atoms with Gasteiger partial charge in [-0.1, -0.05) is 28.9 Å². The average molecular weight is 332 g/mol. The lowest BCUT2D eigenvalue weighted by atomic mass is 10.1. The highest BCUT2D eigenvalue weighted by atomic mass is 79.9. The monoisotopic (exact) mass is 331 g/mol. The second-order valence-electron chi connectivity index (χ2n) is 4.05. The van der Waals surface area contributed by atoms with Gasteiger partial charge in [0.05, 0.1) is 5.56 Å². The van der Waals surface area contributed by atoms with Crippen molar-refractivity contribution in [3.8, 4) is 0 Å². The number of aromatic carboxylic acids is 1. The van der Waals surface area contributed by atoms with Gasteiger partial charge < -0.3 is 10.4 Å². The number of hydrogen-bond donors (Lipinski definition) is 2. The van der Waals surface area contributed by atoms with Crippen LogP contribution in [0.5, 0.6) is 0 Å². The summed E-state index contributed by atoms with van der Waals surface area (Å²) in [6.45, 7) is 2.91. The van der Waals surface area contributed by atoms with Crippen molar-refractivity contribution < 1.29 is 9.90 Å². The summed E-state index contributed by atoms with van der Waals surface area (Å²) in [4.78, 5) is 10.8. The summed E-state index contributed by atoms with van der Waals surface area (Å²) >= 11 is 5.25. The maximum atomic E-state index is 10.8. The van der Waals surface area contributed by atoms with Crippen molar-refractivity contribution in [1.29, 1.82) is 0 Å². The van der Waals surface area contributed by atoms with Gasteiger partial charge in [-0.25, -0.2) is 4.79 Å². The zero-order chi connectivity index (χ0) is 13.5. The molecule has 0 saturated carbocycles. The number of halogens is 1. The minimum absolute atomic E-state index is 0.307. The van der Waals surface area contributed by atoms with Crippen molar-refractivity contribution in [3.63, 3.8) is 0 Å². The fraction of sp³-hybridized carbons (Fsp3) is 0.462. The maximum Gasteiger partial charge on any atom is 0.335 e. The van der Waals surface area contributed by atoms with Crippen molar-refractivity contribution >= 4 is 33.7 Å². The van der Waals surface area contributed by atoms with E-state index in [2.05, 4.69) is 34.4 Å². The lowest BCUT2D eigenvalue weighted by Crippen LogP contribution is -2.30. The molecule has 100 valence electrons. The topological polar surface area (TPSA) is 49.3 Å². The lowest BCUT2D eigenvalue weighted by Gasteiger charge is -2.16. The van der Waals surface area contributed by atoms with Gasteiger partial charge in [0.15, 0.2) is 0 Å². The number of thioether (sulfide) groups is 1. The van der Waals surface area contributed by atoms with Crippen molar-refractivity contribution in [3.05, 3.63) is 33.8 Å². The molecule has 1 aromatic rings. The van der Waals surface area contributed by atoms with Crippen LogP contribution in [0.2, 0.25) is 0 Å². The summed E-state index contributed by atoms with van der Waals surface area (Å²) < 4.78 is 0.842. The Kier molecular flexibility index (Phi) is 6.75. The quantitative estimate of drug-likeness (QED) is 0.804. The van der Waals surface area contributed by atoms with E-state index in [-0.39, 0.29) is 0 Å². The Bertz CT molecular complexity index is 412. The zero-order valence-electron chi connectivity index (χ0n) is 10.6. The maximum absolute atomic E-state index is 10.8. The molecule has 0 aliphatic heterocycles. The Morgan fingerprint density at radius 3 is 2.78 bits per heavy atom. The summed E-state index contributed by atoms with van der Waals surface area (Å²) in [5.74, 6) is 0.186. The third-order valence-electron chi connectivity index (χ3n) is 2.74. The molecule has 0 heterocycles. The SMILES string of the molecule is CCC(CSC)NCc1ccc(C(=O)O)cc1Br. The van der Waals surface area contributed by atoms with Gasteiger partial charge in [-0.05, 0) is 30.4 Å². The molecule has 0 fully saturated rings. The lowest BCUT2D eigenvalue weighted by molar-refractivity contribution is 0.0697. The Labute approximate surface area is 120 Å². The third kappa shape index (κ3) is 4.63. The summed E-state index contributed by atoms with van der Waals surface area (Å²) in [5.41, 5.74) is 1.39. The third-order valence-corrected chi connectivity index (χ3v) is 4.22. The molecule has 0 bridgehead atoms. The molecule has 0 saturated heterocycles. The molecule has 5 heteroatoms. The van der Waals surface area contributed by atoms with Crippen molar-refractivity contribution in [2.24, 2.45) is 0 Å². The molecule has 0 spiro atoms. The number of carbonyl (C=O) groups is 1. The van der Waals surface area contributed by atoms with E-state index in [1.807, 2.05) is 17.8 Å². The molecule has 0 radical (unpaired) electrons. The molecule has 0 aliphatic carbocycles. The molecule has 3 nitrogen and oxygen atoms in total. The number of hydrogen-bond acceptors (Lipinski definition) is 3. The number of rotatable bonds is 7. The number of benzene rings is 1. The fourth-order valence-corrected chi connectivity index (χ4v) is 2.88. The predicted molar refractivity (Wildman–Crippen MR) is 80.4 cm³/mol. The first kappa shape index (κ1) is 15.5. The molecule has 1 unspecified atom stereocenters. The van der Waals surface area contributed by atoms with E-state index in [0.717, 1.165) is 28.8 Å². The summed E-state index contributed by atoms with van der Waals surface area (Å²) in [5, 5.41) is 12.4.